The second-order valence-corrected chi connectivity index (χ2v) is 6.51. The first-order valence-electron chi connectivity index (χ1n) is 9.07. The van der Waals surface area contributed by atoms with Gasteiger partial charge in [0.2, 0.25) is 0 Å². The van der Waals surface area contributed by atoms with Crippen molar-refractivity contribution in [1.82, 2.24) is 20.3 Å². The highest BCUT2D eigenvalue weighted by Gasteiger charge is 2.21. The number of hydrogen-bond donors (Lipinski definition) is 1. The Labute approximate surface area is 144 Å². The first kappa shape index (κ1) is 17.2. The second-order valence-electron chi connectivity index (χ2n) is 6.51. The molecule has 1 aromatic heterocycles. The molecular formula is C17H29N5O2. The van der Waals surface area contributed by atoms with Crippen molar-refractivity contribution in [3.05, 3.63) is 18.0 Å². The van der Waals surface area contributed by atoms with E-state index in [2.05, 4.69) is 27.2 Å². The van der Waals surface area contributed by atoms with Gasteiger partial charge in [-0.25, -0.2) is 0 Å². The summed E-state index contributed by atoms with van der Waals surface area (Å²) in [6.45, 7) is 10.2. The summed E-state index contributed by atoms with van der Waals surface area (Å²) in [4.78, 5) is 9.45. The Hall–Kier alpha value is -1.60. The number of nitrogens with one attached hydrogen (secondary N) is 1. The average Bonchev–Trinajstić information content (AvgIpc) is 3.29. The molecule has 1 aliphatic carbocycles. The van der Waals surface area contributed by atoms with E-state index in [-0.39, 0.29) is 0 Å². The van der Waals surface area contributed by atoms with Crippen LogP contribution in [-0.4, -0.2) is 73.4 Å². The molecule has 2 fully saturated rings. The lowest BCUT2D eigenvalue weighted by Crippen LogP contribution is -2.52. The monoisotopic (exact) mass is 335 g/mol. The molecule has 1 saturated heterocycles. The summed E-state index contributed by atoms with van der Waals surface area (Å²) in [5.74, 6) is 1.83. The van der Waals surface area contributed by atoms with Crippen LogP contribution in [0.3, 0.4) is 0 Å². The van der Waals surface area contributed by atoms with E-state index >= 15 is 0 Å². The minimum absolute atomic E-state index is 0.720. The Morgan fingerprint density at radius 3 is 2.88 bits per heavy atom. The zero-order chi connectivity index (χ0) is 16.6. The fourth-order valence-electron chi connectivity index (χ4n) is 2.84. The summed E-state index contributed by atoms with van der Waals surface area (Å²) < 4.78 is 10.6. The van der Waals surface area contributed by atoms with Crippen LogP contribution in [-0.2, 0) is 11.3 Å². The SMILES string of the molecule is CCNC(=NCCOCC1CC1)N1CCN(Cc2ccon2)CC1. The number of rotatable bonds is 8. The van der Waals surface area contributed by atoms with Crippen molar-refractivity contribution in [2.24, 2.45) is 10.9 Å². The Morgan fingerprint density at radius 1 is 1.38 bits per heavy atom. The van der Waals surface area contributed by atoms with Crippen molar-refractivity contribution in [2.75, 3.05) is 52.5 Å². The van der Waals surface area contributed by atoms with Gasteiger partial charge in [0.1, 0.15) is 6.26 Å². The second kappa shape index (κ2) is 9.03. The lowest BCUT2D eigenvalue weighted by molar-refractivity contribution is 0.131. The first-order chi connectivity index (χ1) is 11.8. The van der Waals surface area contributed by atoms with E-state index in [0.717, 1.165) is 76.6 Å². The van der Waals surface area contributed by atoms with Crippen LogP contribution in [0.15, 0.2) is 21.8 Å². The number of nitrogens with zero attached hydrogens (tertiary/aromatic N) is 4. The van der Waals surface area contributed by atoms with Crippen LogP contribution in [0.1, 0.15) is 25.5 Å². The maximum atomic E-state index is 5.67. The summed E-state index contributed by atoms with van der Waals surface area (Å²) in [7, 11) is 0. The third-order valence-corrected chi connectivity index (χ3v) is 4.43. The topological polar surface area (TPSA) is 66.1 Å². The molecule has 2 aliphatic rings. The van der Waals surface area contributed by atoms with E-state index in [1.165, 1.54) is 12.8 Å². The lowest BCUT2D eigenvalue weighted by atomic mass is 10.3. The highest BCUT2D eigenvalue weighted by atomic mass is 16.5. The van der Waals surface area contributed by atoms with Gasteiger partial charge >= 0.3 is 0 Å². The van der Waals surface area contributed by atoms with Crippen molar-refractivity contribution in [1.29, 1.82) is 0 Å². The van der Waals surface area contributed by atoms with Gasteiger partial charge in [-0.2, -0.15) is 0 Å². The Bertz CT molecular complexity index is 493. The van der Waals surface area contributed by atoms with E-state index in [1.54, 1.807) is 6.26 Å². The van der Waals surface area contributed by atoms with E-state index in [1.807, 2.05) is 6.07 Å². The number of aromatic nitrogens is 1. The molecule has 3 rings (SSSR count). The molecule has 24 heavy (non-hydrogen) atoms. The van der Waals surface area contributed by atoms with E-state index in [9.17, 15) is 0 Å². The maximum absolute atomic E-state index is 5.67. The van der Waals surface area contributed by atoms with Crippen molar-refractivity contribution < 1.29 is 9.26 Å². The average molecular weight is 335 g/mol. The fraction of sp³-hybridized carbons (Fsp3) is 0.765. The molecule has 1 aliphatic heterocycles. The third kappa shape index (κ3) is 5.49. The van der Waals surface area contributed by atoms with Crippen molar-refractivity contribution in [3.8, 4) is 0 Å². The fourth-order valence-corrected chi connectivity index (χ4v) is 2.84. The maximum Gasteiger partial charge on any atom is 0.194 e. The number of guanidine groups is 1. The highest BCUT2D eigenvalue weighted by Crippen LogP contribution is 2.28. The van der Waals surface area contributed by atoms with Gasteiger partial charge in [0.05, 0.1) is 18.8 Å². The molecule has 2 heterocycles. The molecule has 0 amide bonds. The van der Waals surface area contributed by atoms with E-state index in [0.29, 0.717) is 0 Å². The minimum Gasteiger partial charge on any atom is -0.379 e. The van der Waals surface area contributed by atoms with Crippen LogP contribution >= 0.6 is 0 Å². The highest BCUT2D eigenvalue weighted by molar-refractivity contribution is 5.80. The zero-order valence-corrected chi connectivity index (χ0v) is 14.6. The van der Waals surface area contributed by atoms with Crippen LogP contribution in [0.5, 0.6) is 0 Å². The normalized spacial score (nSPS) is 19.7. The smallest absolute Gasteiger partial charge is 0.194 e. The van der Waals surface area contributed by atoms with Crippen LogP contribution in [0.2, 0.25) is 0 Å². The standard InChI is InChI=1S/C17H29N5O2/c1-2-18-17(19-6-12-23-14-15-3-4-15)22-9-7-21(8-10-22)13-16-5-11-24-20-16/h5,11,15H,2-4,6-10,12-14H2,1H3,(H,18,19). The number of aliphatic imine (C=N–C) groups is 1. The molecule has 1 aromatic rings. The molecule has 134 valence electrons. The van der Waals surface area contributed by atoms with Gasteiger partial charge in [0.25, 0.3) is 0 Å². The summed E-state index contributed by atoms with van der Waals surface area (Å²) >= 11 is 0. The van der Waals surface area contributed by atoms with Gasteiger partial charge < -0.3 is 19.5 Å². The van der Waals surface area contributed by atoms with Crippen LogP contribution in [0, 0.1) is 5.92 Å². The molecule has 0 aromatic carbocycles. The Morgan fingerprint density at radius 2 is 2.21 bits per heavy atom. The third-order valence-electron chi connectivity index (χ3n) is 4.43. The predicted octanol–water partition coefficient (Wildman–Crippen LogP) is 1.18. The van der Waals surface area contributed by atoms with Gasteiger partial charge in [-0.15, -0.1) is 0 Å². The van der Waals surface area contributed by atoms with Gasteiger partial charge in [0.15, 0.2) is 5.96 Å². The molecule has 7 heteroatoms. The van der Waals surface area contributed by atoms with Crippen LogP contribution in [0.4, 0.5) is 0 Å². The molecule has 0 radical (unpaired) electrons. The number of piperazine rings is 1. The Balaban J connectivity index is 1.40. The predicted molar refractivity (Wildman–Crippen MR) is 92.9 cm³/mol. The lowest BCUT2D eigenvalue weighted by Gasteiger charge is -2.36. The quantitative estimate of drug-likeness (QED) is 0.437. The zero-order valence-electron chi connectivity index (χ0n) is 14.6. The molecule has 0 atom stereocenters. The van der Waals surface area contributed by atoms with Gasteiger partial charge in [-0.1, -0.05) is 5.16 Å². The summed E-state index contributed by atoms with van der Waals surface area (Å²) in [6.07, 6.45) is 4.31. The molecule has 1 N–H and O–H groups in total. The van der Waals surface area contributed by atoms with Crippen molar-refractivity contribution >= 4 is 5.96 Å². The molecule has 1 saturated carbocycles. The number of ether oxygens (including phenoxy) is 1. The summed E-state index contributed by atoms with van der Waals surface area (Å²) in [6, 6.07) is 1.93. The molecule has 0 bridgehead atoms. The summed E-state index contributed by atoms with van der Waals surface area (Å²) in [5, 5.41) is 7.39. The van der Waals surface area contributed by atoms with E-state index in [4.69, 9.17) is 14.3 Å². The van der Waals surface area contributed by atoms with Crippen LogP contribution in [0.25, 0.3) is 0 Å². The Kier molecular flexibility index (Phi) is 6.48. The molecule has 0 spiro atoms. The van der Waals surface area contributed by atoms with Crippen LogP contribution < -0.4 is 5.32 Å². The first-order valence-corrected chi connectivity index (χ1v) is 9.07. The van der Waals surface area contributed by atoms with Gasteiger partial charge in [0, 0.05) is 51.9 Å². The minimum atomic E-state index is 0.720. The van der Waals surface area contributed by atoms with E-state index < -0.39 is 0 Å². The van der Waals surface area contributed by atoms with Gasteiger partial charge in [-0.05, 0) is 25.7 Å². The van der Waals surface area contributed by atoms with Crippen molar-refractivity contribution in [3.63, 3.8) is 0 Å². The largest absolute Gasteiger partial charge is 0.379 e. The molecule has 0 unspecified atom stereocenters. The van der Waals surface area contributed by atoms with Gasteiger partial charge in [-0.3, -0.25) is 9.89 Å². The molecular weight excluding hydrogens is 306 g/mol. The number of hydrogen-bond acceptors (Lipinski definition) is 5. The van der Waals surface area contributed by atoms with Crippen molar-refractivity contribution in [2.45, 2.75) is 26.3 Å². The summed E-state index contributed by atoms with van der Waals surface area (Å²) in [5.41, 5.74) is 0.997. The molecule has 7 nitrogen and oxygen atoms in total.